The first-order valence-corrected chi connectivity index (χ1v) is 8.83. The predicted octanol–water partition coefficient (Wildman–Crippen LogP) is 5.14. The topological polar surface area (TPSA) is 15.3 Å². The fourth-order valence-corrected chi connectivity index (χ4v) is 2.35. The molecule has 0 heterocycles. The molecule has 0 bridgehead atoms. The predicted molar refractivity (Wildman–Crippen MR) is 87.4 cm³/mol. The van der Waals surface area contributed by atoms with Crippen LogP contribution in [0.2, 0.25) is 0 Å². The molecular formula is C17H38N2. The van der Waals surface area contributed by atoms with Crippen LogP contribution in [0.15, 0.2) is 0 Å². The highest BCUT2D eigenvalue weighted by Gasteiger charge is 2.03. The van der Waals surface area contributed by atoms with Crippen molar-refractivity contribution in [3.63, 3.8) is 0 Å². The van der Waals surface area contributed by atoms with Gasteiger partial charge in [-0.05, 0) is 19.3 Å². The van der Waals surface area contributed by atoms with Crippen LogP contribution in [0.25, 0.3) is 0 Å². The highest BCUT2D eigenvalue weighted by atomic mass is 15.5. The first-order valence-electron chi connectivity index (χ1n) is 8.83. The van der Waals surface area contributed by atoms with E-state index in [4.69, 9.17) is 0 Å². The summed E-state index contributed by atoms with van der Waals surface area (Å²) in [6.45, 7) is 10.4. The molecular weight excluding hydrogens is 232 g/mol. The van der Waals surface area contributed by atoms with E-state index in [1.807, 2.05) is 0 Å². The largest absolute Gasteiger partial charge is 0.255 e. The maximum Gasteiger partial charge on any atom is 0.0130 e. The van der Waals surface area contributed by atoms with Gasteiger partial charge in [-0.3, -0.25) is 5.43 Å². The van der Waals surface area contributed by atoms with Crippen LogP contribution in [-0.2, 0) is 0 Å². The SMILES string of the molecule is CCCCCCCN(CCCCCCC)NCCC. The van der Waals surface area contributed by atoms with E-state index < -0.39 is 0 Å². The molecule has 0 unspecified atom stereocenters. The van der Waals surface area contributed by atoms with Crippen molar-refractivity contribution in [1.29, 1.82) is 0 Å². The molecule has 0 radical (unpaired) electrons. The molecule has 0 rings (SSSR count). The highest BCUT2D eigenvalue weighted by Crippen LogP contribution is 2.06. The van der Waals surface area contributed by atoms with Crippen LogP contribution < -0.4 is 5.43 Å². The molecule has 19 heavy (non-hydrogen) atoms. The standard InChI is InChI=1S/C17H38N2/c1-4-7-9-11-13-16-19(18-15-6-3)17-14-12-10-8-5-2/h18H,4-17H2,1-3H3. The molecule has 2 nitrogen and oxygen atoms in total. The molecule has 0 amide bonds. The Bertz CT molecular complexity index is 145. The summed E-state index contributed by atoms with van der Waals surface area (Å²) in [5.74, 6) is 0. The third-order valence-corrected chi connectivity index (χ3v) is 3.65. The van der Waals surface area contributed by atoms with Gasteiger partial charge >= 0.3 is 0 Å². The number of hydrazine groups is 1. The summed E-state index contributed by atoms with van der Waals surface area (Å²) in [6, 6.07) is 0. The molecule has 0 saturated heterocycles. The molecule has 0 spiro atoms. The van der Waals surface area contributed by atoms with E-state index in [1.54, 1.807) is 0 Å². The van der Waals surface area contributed by atoms with E-state index in [2.05, 4.69) is 31.2 Å². The summed E-state index contributed by atoms with van der Waals surface area (Å²) in [5, 5.41) is 2.47. The van der Waals surface area contributed by atoms with Crippen molar-refractivity contribution in [3.05, 3.63) is 0 Å². The molecule has 0 aromatic carbocycles. The fraction of sp³-hybridized carbons (Fsp3) is 1.00. The smallest absolute Gasteiger partial charge is 0.0130 e. The number of nitrogens with zero attached hydrogens (tertiary/aromatic N) is 1. The number of unbranched alkanes of at least 4 members (excludes halogenated alkanes) is 8. The zero-order valence-electron chi connectivity index (χ0n) is 13.8. The van der Waals surface area contributed by atoms with Gasteiger partial charge in [0.15, 0.2) is 0 Å². The van der Waals surface area contributed by atoms with Gasteiger partial charge in [0.05, 0.1) is 0 Å². The average molecular weight is 271 g/mol. The molecule has 0 aromatic rings. The fourth-order valence-electron chi connectivity index (χ4n) is 2.35. The number of nitrogens with one attached hydrogen (secondary N) is 1. The van der Waals surface area contributed by atoms with Crippen molar-refractivity contribution in [2.45, 2.75) is 91.4 Å². The van der Waals surface area contributed by atoms with Gasteiger partial charge in [-0.25, -0.2) is 5.01 Å². The van der Waals surface area contributed by atoms with Crippen LogP contribution in [0.1, 0.15) is 91.4 Å². The lowest BCUT2D eigenvalue weighted by Crippen LogP contribution is -2.39. The van der Waals surface area contributed by atoms with Gasteiger partial charge in [0.2, 0.25) is 0 Å². The number of hydrogen-bond donors (Lipinski definition) is 1. The molecule has 0 aliphatic rings. The molecule has 0 aliphatic heterocycles. The Morgan fingerprint density at radius 3 is 1.47 bits per heavy atom. The van der Waals surface area contributed by atoms with E-state index >= 15 is 0 Å². The highest BCUT2D eigenvalue weighted by molar-refractivity contribution is 4.55. The van der Waals surface area contributed by atoms with E-state index in [9.17, 15) is 0 Å². The van der Waals surface area contributed by atoms with E-state index in [-0.39, 0.29) is 0 Å². The van der Waals surface area contributed by atoms with Crippen LogP contribution in [0.4, 0.5) is 0 Å². The van der Waals surface area contributed by atoms with Crippen LogP contribution in [0, 0.1) is 0 Å². The normalized spacial score (nSPS) is 11.4. The van der Waals surface area contributed by atoms with Crippen LogP contribution >= 0.6 is 0 Å². The lowest BCUT2D eigenvalue weighted by molar-refractivity contribution is 0.179. The Labute approximate surface area is 122 Å². The molecule has 116 valence electrons. The Kier molecular flexibility index (Phi) is 15.9. The number of hydrogen-bond acceptors (Lipinski definition) is 2. The third kappa shape index (κ3) is 14.1. The maximum absolute atomic E-state index is 3.58. The van der Waals surface area contributed by atoms with Gasteiger partial charge in [-0.2, -0.15) is 0 Å². The van der Waals surface area contributed by atoms with Crippen molar-refractivity contribution in [2.24, 2.45) is 0 Å². The van der Waals surface area contributed by atoms with E-state index in [0.29, 0.717) is 0 Å². The van der Waals surface area contributed by atoms with Crippen molar-refractivity contribution < 1.29 is 0 Å². The van der Waals surface area contributed by atoms with Crippen LogP contribution in [-0.4, -0.2) is 24.6 Å². The Morgan fingerprint density at radius 1 is 0.579 bits per heavy atom. The Hall–Kier alpha value is -0.0800. The minimum absolute atomic E-state index is 1.13. The zero-order valence-corrected chi connectivity index (χ0v) is 13.8. The lowest BCUT2D eigenvalue weighted by atomic mass is 10.1. The second-order valence-corrected chi connectivity index (χ2v) is 5.72. The quantitative estimate of drug-likeness (QED) is 0.327. The van der Waals surface area contributed by atoms with Gasteiger partial charge in [-0.15, -0.1) is 0 Å². The summed E-state index contributed by atoms with van der Waals surface area (Å²) < 4.78 is 0. The van der Waals surface area contributed by atoms with Crippen molar-refractivity contribution in [1.82, 2.24) is 10.4 Å². The van der Waals surface area contributed by atoms with E-state index in [0.717, 1.165) is 6.54 Å². The molecule has 0 saturated carbocycles. The minimum Gasteiger partial charge on any atom is -0.255 e. The summed E-state index contributed by atoms with van der Waals surface area (Å²) >= 11 is 0. The second-order valence-electron chi connectivity index (χ2n) is 5.72. The van der Waals surface area contributed by atoms with Crippen LogP contribution in [0.3, 0.4) is 0 Å². The molecule has 0 atom stereocenters. The van der Waals surface area contributed by atoms with Crippen molar-refractivity contribution >= 4 is 0 Å². The zero-order chi connectivity index (χ0) is 14.2. The minimum atomic E-state index is 1.13. The lowest BCUT2D eigenvalue weighted by Gasteiger charge is -2.23. The molecule has 2 heteroatoms. The van der Waals surface area contributed by atoms with Crippen LogP contribution in [0.5, 0.6) is 0 Å². The number of rotatable bonds is 15. The van der Waals surface area contributed by atoms with Gasteiger partial charge in [-0.1, -0.05) is 72.1 Å². The summed E-state index contributed by atoms with van der Waals surface area (Å²) in [6.07, 6.45) is 15.0. The third-order valence-electron chi connectivity index (χ3n) is 3.65. The van der Waals surface area contributed by atoms with Crippen molar-refractivity contribution in [2.75, 3.05) is 19.6 Å². The molecule has 0 aliphatic carbocycles. The molecule has 1 N–H and O–H groups in total. The molecule has 0 aromatic heterocycles. The summed E-state index contributed by atoms with van der Waals surface area (Å²) in [5.41, 5.74) is 3.58. The Balaban J connectivity index is 3.57. The van der Waals surface area contributed by atoms with Gasteiger partial charge < -0.3 is 0 Å². The maximum atomic E-state index is 3.58. The second kappa shape index (κ2) is 16.0. The summed E-state index contributed by atoms with van der Waals surface area (Å²) in [4.78, 5) is 0. The monoisotopic (exact) mass is 270 g/mol. The first-order chi connectivity index (χ1) is 9.35. The van der Waals surface area contributed by atoms with E-state index in [1.165, 1.54) is 83.7 Å². The van der Waals surface area contributed by atoms with Crippen molar-refractivity contribution in [3.8, 4) is 0 Å². The van der Waals surface area contributed by atoms with Gasteiger partial charge in [0, 0.05) is 19.6 Å². The molecule has 0 fully saturated rings. The first kappa shape index (κ1) is 18.9. The summed E-state index contributed by atoms with van der Waals surface area (Å²) in [7, 11) is 0. The average Bonchev–Trinajstić information content (AvgIpc) is 2.43. The Morgan fingerprint density at radius 2 is 1.05 bits per heavy atom. The van der Waals surface area contributed by atoms with Gasteiger partial charge in [0.1, 0.15) is 0 Å². The van der Waals surface area contributed by atoms with Gasteiger partial charge in [0.25, 0.3) is 0 Å².